The number of rotatable bonds is 9. The van der Waals surface area contributed by atoms with Gasteiger partial charge in [0.05, 0.1) is 0 Å². The van der Waals surface area contributed by atoms with Gasteiger partial charge in [-0.1, -0.05) is 51.9 Å². The lowest BCUT2D eigenvalue weighted by Crippen LogP contribution is -2.33. The molecule has 0 atom stereocenters. The Morgan fingerprint density at radius 2 is 1.44 bits per heavy atom. The van der Waals surface area contributed by atoms with Crippen LogP contribution in [0.15, 0.2) is 15.7 Å². The van der Waals surface area contributed by atoms with E-state index in [1.165, 1.54) is 51.0 Å². The Hall–Kier alpha value is -0.920. The van der Waals surface area contributed by atoms with Crippen molar-refractivity contribution in [2.45, 2.75) is 64.7 Å². The molecule has 1 rings (SSSR count). The molecular formula is C14H22O2. The maximum absolute atomic E-state index is 11.0. The Labute approximate surface area is 97.4 Å². The van der Waals surface area contributed by atoms with Crippen LogP contribution in [0.3, 0.4) is 0 Å². The molecule has 0 bridgehead atoms. The molecule has 0 unspecified atom stereocenters. The number of unbranched alkanes of at least 4 members (excludes halogenated alkanes) is 7. The maximum Gasteiger partial charge on any atom is 0.229 e. The summed E-state index contributed by atoms with van der Waals surface area (Å²) in [6.45, 7) is 2.23. The van der Waals surface area contributed by atoms with Crippen molar-refractivity contribution < 1.29 is 0 Å². The average molecular weight is 222 g/mol. The van der Waals surface area contributed by atoms with E-state index in [4.69, 9.17) is 0 Å². The van der Waals surface area contributed by atoms with Crippen LogP contribution >= 0.6 is 0 Å². The third kappa shape index (κ3) is 4.30. The van der Waals surface area contributed by atoms with E-state index < -0.39 is 0 Å². The molecule has 2 nitrogen and oxygen atoms in total. The number of hydrogen-bond acceptors (Lipinski definition) is 2. The van der Waals surface area contributed by atoms with Gasteiger partial charge in [-0.3, -0.25) is 9.59 Å². The average Bonchev–Trinajstić information content (AvgIpc) is 2.30. The van der Waals surface area contributed by atoms with Crippen molar-refractivity contribution in [1.29, 1.82) is 0 Å². The predicted octanol–water partition coefficient (Wildman–Crippen LogP) is 2.97. The summed E-state index contributed by atoms with van der Waals surface area (Å²) in [5.74, 6) is 0. The minimum absolute atomic E-state index is 0.247. The minimum atomic E-state index is -0.311. The monoisotopic (exact) mass is 222 g/mol. The van der Waals surface area contributed by atoms with Crippen molar-refractivity contribution in [1.82, 2.24) is 0 Å². The van der Waals surface area contributed by atoms with Crippen molar-refractivity contribution >= 4 is 0 Å². The molecule has 0 aromatic heterocycles. The third-order valence-electron chi connectivity index (χ3n) is 3.12. The molecule has 0 spiro atoms. The fourth-order valence-corrected chi connectivity index (χ4v) is 2.00. The molecule has 1 aromatic carbocycles. The van der Waals surface area contributed by atoms with Gasteiger partial charge in [0.1, 0.15) is 0 Å². The third-order valence-corrected chi connectivity index (χ3v) is 3.12. The zero-order valence-electron chi connectivity index (χ0n) is 10.3. The molecule has 1 aromatic rings. The molecular weight excluding hydrogens is 200 g/mol. The Bertz CT molecular complexity index is 358. The quantitative estimate of drug-likeness (QED) is 0.475. The van der Waals surface area contributed by atoms with Gasteiger partial charge < -0.3 is 0 Å². The minimum Gasteiger partial charge on any atom is -0.286 e. The van der Waals surface area contributed by atoms with Crippen LogP contribution in [0.25, 0.3) is 0 Å². The van der Waals surface area contributed by atoms with E-state index in [-0.39, 0.29) is 10.9 Å². The van der Waals surface area contributed by atoms with E-state index in [0.717, 1.165) is 18.4 Å². The normalized spacial score (nSPS) is 11.1. The second kappa shape index (κ2) is 7.37. The molecule has 0 saturated heterocycles. The molecule has 0 aliphatic carbocycles. The molecule has 0 saturated carbocycles. The first-order valence-corrected chi connectivity index (χ1v) is 6.55. The van der Waals surface area contributed by atoms with Crippen molar-refractivity contribution in [3.63, 3.8) is 0 Å². The van der Waals surface area contributed by atoms with Crippen LogP contribution in [-0.2, 0) is 6.42 Å². The lowest BCUT2D eigenvalue weighted by molar-refractivity contribution is 0.574. The Kier molecular flexibility index (Phi) is 6.05. The number of aryl methyl sites for hydroxylation is 1. The van der Waals surface area contributed by atoms with E-state index in [0.29, 0.717) is 0 Å². The molecule has 16 heavy (non-hydrogen) atoms. The van der Waals surface area contributed by atoms with Crippen LogP contribution in [0.5, 0.6) is 0 Å². The first-order valence-electron chi connectivity index (χ1n) is 6.55. The van der Waals surface area contributed by atoms with Gasteiger partial charge in [-0.15, -0.1) is 0 Å². The smallest absolute Gasteiger partial charge is 0.229 e. The van der Waals surface area contributed by atoms with E-state index in [1.54, 1.807) is 0 Å². The Balaban J connectivity index is 1.91. The summed E-state index contributed by atoms with van der Waals surface area (Å²) in [4.78, 5) is 21.6. The lowest BCUT2D eigenvalue weighted by atomic mass is 10.0. The zero-order valence-corrected chi connectivity index (χ0v) is 10.3. The highest BCUT2D eigenvalue weighted by molar-refractivity contribution is 5.19. The van der Waals surface area contributed by atoms with Gasteiger partial charge in [-0.05, 0) is 18.9 Å². The highest BCUT2D eigenvalue weighted by Crippen LogP contribution is 2.09. The molecule has 2 heteroatoms. The molecule has 0 aliphatic heterocycles. The van der Waals surface area contributed by atoms with Gasteiger partial charge in [0.2, 0.25) is 10.9 Å². The zero-order chi connectivity index (χ0) is 11.8. The molecule has 0 aliphatic rings. The van der Waals surface area contributed by atoms with Crippen LogP contribution in [0.1, 0.15) is 63.9 Å². The highest BCUT2D eigenvalue weighted by atomic mass is 16.2. The molecule has 90 valence electrons. The van der Waals surface area contributed by atoms with Crippen LogP contribution < -0.4 is 10.9 Å². The molecule has 0 fully saturated rings. The summed E-state index contributed by atoms with van der Waals surface area (Å²) >= 11 is 0. The van der Waals surface area contributed by atoms with Crippen molar-refractivity contribution in [3.8, 4) is 0 Å². The van der Waals surface area contributed by atoms with Gasteiger partial charge in [0.15, 0.2) is 0 Å². The maximum atomic E-state index is 11.0. The topological polar surface area (TPSA) is 34.1 Å². The summed E-state index contributed by atoms with van der Waals surface area (Å²) in [6.07, 6.45) is 11.0. The van der Waals surface area contributed by atoms with E-state index in [2.05, 4.69) is 6.92 Å². The van der Waals surface area contributed by atoms with E-state index in [1.807, 2.05) is 0 Å². The summed E-state index contributed by atoms with van der Waals surface area (Å²) in [7, 11) is 0. The first kappa shape index (κ1) is 13.1. The largest absolute Gasteiger partial charge is 0.286 e. The van der Waals surface area contributed by atoms with Gasteiger partial charge >= 0.3 is 0 Å². The predicted molar refractivity (Wildman–Crippen MR) is 67.7 cm³/mol. The fourth-order valence-electron chi connectivity index (χ4n) is 2.00. The Morgan fingerprint density at radius 1 is 0.875 bits per heavy atom. The first-order chi connectivity index (χ1) is 7.75. The number of hydrogen-bond donors (Lipinski definition) is 0. The van der Waals surface area contributed by atoms with Crippen molar-refractivity contribution in [2.75, 3.05) is 0 Å². The summed E-state index contributed by atoms with van der Waals surface area (Å²) in [6, 6.07) is 1.49. The van der Waals surface area contributed by atoms with Crippen molar-refractivity contribution in [2.24, 2.45) is 0 Å². The molecule has 0 amide bonds. The van der Waals surface area contributed by atoms with Crippen LogP contribution in [0.2, 0.25) is 0 Å². The molecule has 0 heterocycles. The van der Waals surface area contributed by atoms with Gasteiger partial charge in [0.25, 0.3) is 0 Å². The second-order valence-electron chi connectivity index (χ2n) is 4.59. The van der Waals surface area contributed by atoms with Crippen molar-refractivity contribution in [3.05, 3.63) is 32.1 Å². The second-order valence-corrected chi connectivity index (χ2v) is 4.59. The van der Waals surface area contributed by atoms with Gasteiger partial charge in [-0.25, -0.2) is 0 Å². The molecule has 0 N–H and O–H groups in total. The van der Waals surface area contributed by atoms with Crippen LogP contribution in [0, 0.1) is 0 Å². The van der Waals surface area contributed by atoms with Gasteiger partial charge in [-0.2, -0.15) is 0 Å². The van der Waals surface area contributed by atoms with E-state index >= 15 is 0 Å². The fraction of sp³-hybridized carbons (Fsp3) is 0.714. The van der Waals surface area contributed by atoms with Crippen LogP contribution in [-0.4, -0.2) is 0 Å². The standard InChI is InChI=1S/C14H22O2/c1-2-3-4-5-6-7-8-9-10-12-11-13(15)14(12)16/h11H,2-10H2,1H3. The summed E-state index contributed by atoms with van der Waals surface area (Å²) < 4.78 is 0. The highest BCUT2D eigenvalue weighted by Gasteiger charge is 2.07. The SMILES string of the molecule is CCCCCCCCCCc1cc(=O)c1=O. The summed E-state index contributed by atoms with van der Waals surface area (Å²) in [5.41, 5.74) is 0.188. The van der Waals surface area contributed by atoms with Gasteiger partial charge in [0, 0.05) is 5.56 Å². The Morgan fingerprint density at radius 3 is 1.94 bits per heavy atom. The van der Waals surface area contributed by atoms with E-state index in [9.17, 15) is 9.59 Å². The molecule has 0 radical (unpaired) electrons. The lowest BCUT2D eigenvalue weighted by Gasteiger charge is -2.02. The van der Waals surface area contributed by atoms with Crippen LogP contribution in [0.4, 0.5) is 0 Å². The summed E-state index contributed by atoms with van der Waals surface area (Å²) in [5, 5.41) is 0.